The van der Waals surface area contributed by atoms with Gasteiger partial charge in [-0.2, -0.15) is 13.2 Å². The Morgan fingerprint density at radius 1 is 1.11 bits per heavy atom. The number of amides is 1. The zero-order valence-corrected chi connectivity index (χ0v) is 21.2. The highest BCUT2D eigenvalue weighted by Gasteiger charge is 2.33. The van der Waals surface area contributed by atoms with Crippen molar-refractivity contribution in [1.82, 2.24) is 9.88 Å². The summed E-state index contributed by atoms with van der Waals surface area (Å²) < 4.78 is 46.8. The predicted molar refractivity (Wildman–Crippen MR) is 134 cm³/mol. The molecule has 4 rings (SSSR count). The van der Waals surface area contributed by atoms with Gasteiger partial charge in [-0.1, -0.05) is 38.8 Å². The number of rotatable bonds is 6. The lowest BCUT2D eigenvalue weighted by molar-refractivity contribution is -0.138. The molecule has 1 saturated heterocycles. The number of alkyl halides is 3. The lowest BCUT2D eigenvalue weighted by Crippen LogP contribution is -2.33. The van der Waals surface area contributed by atoms with E-state index in [1.165, 1.54) is 19.1 Å². The summed E-state index contributed by atoms with van der Waals surface area (Å²) in [7, 11) is 0. The Balaban J connectivity index is 0.00000176. The highest BCUT2D eigenvalue weighted by molar-refractivity contribution is 5.99. The molecule has 6 nitrogen and oxygen atoms in total. The molecule has 0 bridgehead atoms. The molecule has 2 aromatic rings. The van der Waals surface area contributed by atoms with Gasteiger partial charge in [-0.05, 0) is 49.8 Å². The minimum atomic E-state index is -4.46. The number of hydrogen-bond donors (Lipinski definition) is 2. The lowest BCUT2D eigenvalue weighted by Gasteiger charge is -2.26. The third-order valence-electron chi connectivity index (χ3n) is 6.82. The fourth-order valence-corrected chi connectivity index (χ4v) is 4.84. The van der Waals surface area contributed by atoms with Crippen molar-refractivity contribution in [1.29, 1.82) is 0 Å². The van der Waals surface area contributed by atoms with Crippen molar-refractivity contribution < 1.29 is 22.7 Å². The minimum Gasteiger partial charge on any atom is -0.381 e. The van der Waals surface area contributed by atoms with Gasteiger partial charge in [-0.15, -0.1) is 0 Å². The normalized spacial score (nSPS) is 16.8. The van der Waals surface area contributed by atoms with Crippen LogP contribution in [-0.4, -0.2) is 29.7 Å². The molecule has 1 amide bonds. The first kappa shape index (κ1) is 27.8. The first-order valence-corrected chi connectivity index (χ1v) is 12.8. The number of benzene rings is 1. The fourth-order valence-electron chi connectivity index (χ4n) is 4.84. The van der Waals surface area contributed by atoms with Crippen LogP contribution in [0.3, 0.4) is 0 Å². The van der Waals surface area contributed by atoms with Crippen LogP contribution in [0.5, 0.6) is 0 Å². The van der Waals surface area contributed by atoms with E-state index in [1.54, 1.807) is 16.8 Å². The molecular formula is C27H36F3N3O3. The molecule has 2 aliphatic rings. The van der Waals surface area contributed by atoms with Gasteiger partial charge in [0.15, 0.2) is 0 Å². The topological polar surface area (TPSA) is 72.4 Å². The Hall–Kier alpha value is -2.81. The average Bonchev–Trinajstić information content (AvgIpc) is 3.37. The summed E-state index contributed by atoms with van der Waals surface area (Å²) in [6.07, 6.45) is 2.60. The number of carbonyl (C=O) groups excluding carboxylic acids is 1. The van der Waals surface area contributed by atoms with Crippen molar-refractivity contribution in [3.8, 4) is 0 Å². The summed E-state index contributed by atoms with van der Waals surface area (Å²) >= 11 is 0. The maximum atomic E-state index is 13.3. The van der Waals surface area contributed by atoms with Gasteiger partial charge >= 0.3 is 6.18 Å². The molecule has 1 aliphatic carbocycles. The smallest absolute Gasteiger partial charge is 0.381 e. The summed E-state index contributed by atoms with van der Waals surface area (Å²) in [5.74, 6) is -0.432. The highest BCUT2D eigenvalue weighted by Crippen LogP contribution is 2.33. The number of halogens is 3. The molecule has 2 fully saturated rings. The molecule has 1 aromatic carbocycles. The number of pyridine rings is 1. The highest BCUT2D eigenvalue weighted by atomic mass is 19.4. The third kappa shape index (κ3) is 6.69. The molecule has 1 saturated carbocycles. The quantitative estimate of drug-likeness (QED) is 0.516. The summed E-state index contributed by atoms with van der Waals surface area (Å²) in [4.78, 5) is 26.1. The molecule has 0 atom stereocenters. The van der Waals surface area contributed by atoms with Gasteiger partial charge in [0.1, 0.15) is 0 Å². The van der Waals surface area contributed by atoms with Crippen molar-refractivity contribution >= 4 is 11.6 Å². The molecule has 2 N–H and O–H groups in total. The van der Waals surface area contributed by atoms with Gasteiger partial charge in [-0.25, -0.2) is 0 Å². The van der Waals surface area contributed by atoms with Crippen LogP contribution < -0.4 is 16.2 Å². The van der Waals surface area contributed by atoms with Gasteiger partial charge in [0.05, 0.1) is 16.8 Å². The number of nitrogens with one attached hydrogen (secondary N) is 2. The van der Waals surface area contributed by atoms with Gasteiger partial charge in [0, 0.05) is 44.1 Å². The van der Waals surface area contributed by atoms with Crippen LogP contribution >= 0.6 is 0 Å². The molecule has 9 heteroatoms. The Morgan fingerprint density at radius 2 is 1.78 bits per heavy atom. The van der Waals surface area contributed by atoms with E-state index in [2.05, 4.69) is 10.6 Å². The third-order valence-corrected chi connectivity index (χ3v) is 6.82. The summed E-state index contributed by atoms with van der Waals surface area (Å²) in [6, 6.07) is 5.56. The van der Waals surface area contributed by atoms with E-state index in [0.717, 1.165) is 31.7 Å². The standard InChI is InChI=1S/C25H30F3N3O3.C2H6/c1-16-17(5-4-8-21(16)25(26,27)28)14-29-24(33)20-15-31(19-9-11-34-12-10-19)23(32)13-22(20)30-18-6-2-3-7-18;1-2/h4-5,8,13,15,18-19,30H,2-3,6-7,9-12,14H2,1H3,(H,29,33);1-2H3. The van der Waals surface area contributed by atoms with E-state index in [1.807, 2.05) is 13.8 Å². The summed E-state index contributed by atoms with van der Waals surface area (Å²) in [6.45, 7) is 6.46. The monoisotopic (exact) mass is 507 g/mol. The average molecular weight is 508 g/mol. The Bertz CT molecular complexity index is 1090. The molecule has 0 unspecified atom stereocenters. The maximum absolute atomic E-state index is 13.3. The van der Waals surface area contributed by atoms with E-state index < -0.39 is 17.6 Å². The SMILES string of the molecule is CC.Cc1c(CNC(=O)c2cn(C3CCOCC3)c(=O)cc2NC2CCCC2)cccc1C(F)(F)F. The lowest BCUT2D eigenvalue weighted by atomic mass is 10.0. The van der Waals surface area contributed by atoms with Gasteiger partial charge in [-0.3, -0.25) is 9.59 Å². The van der Waals surface area contributed by atoms with Crippen LogP contribution in [0.1, 0.15) is 85.5 Å². The number of aromatic nitrogens is 1. The summed E-state index contributed by atoms with van der Waals surface area (Å²) in [5, 5.41) is 6.12. The Kier molecular flexibility index (Phi) is 9.59. The van der Waals surface area contributed by atoms with Crippen molar-refractivity contribution in [3.05, 3.63) is 63.1 Å². The fraction of sp³-hybridized carbons (Fsp3) is 0.556. The van der Waals surface area contributed by atoms with Crippen LogP contribution in [0.2, 0.25) is 0 Å². The van der Waals surface area contributed by atoms with E-state index in [-0.39, 0.29) is 29.8 Å². The molecule has 36 heavy (non-hydrogen) atoms. The Morgan fingerprint density at radius 3 is 2.42 bits per heavy atom. The van der Waals surface area contributed by atoms with E-state index in [0.29, 0.717) is 42.9 Å². The molecule has 1 aromatic heterocycles. The van der Waals surface area contributed by atoms with Crippen LogP contribution in [0.15, 0.2) is 35.3 Å². The van der Waals surface area contributed by atoms with Crippen LogP contribution in [-0.2, 0) is 17.5 Å². The van der Waals surface area contributed by atoms with E-state index in [9.17, 15) is 22.8 Å². The van der Waals surface area contributed by atoms with Gasteiger partial charge < -0.3 is 19.9 Å². The number of nitrogens with zero attached hydrogens (tertiary/aromatic N) is 1. The Labute approximate surface area is 210 Å². The van der Waals surface area contributed by atoms with E-state index >= 15 is 0 Å². The molecular weight excluding hydrogens is 471 g/mol. The number of ether oxygens (including phenoxy) is 1. The first-order chi connectivity index (χ1) is 17.2. The molecule has 2 heterocycles. The predicted octanol–water partition coefficient (Wildman–Crippen LogP) is 5.84. The molecule has 0 radical (unpaired) electrons. The number of carbonyl (C=O) groups is 1. The number of hydrogen-bond acceptors (Lipinski definition) is 4. The zero-order chi connectivity index (χ0) is 26.3. The van der Waals surface area contributed by atoms with Gasteiger partial charge in [0.25, 0.3) is 11.5 Å². The van der Waals surface area contributed by atoms with Crippen molar-refractivity contribution in [2.45, 2.75) is 84.1 Å². The van der Waals surface area contributed by atoms with Crippen LogP contribution in [0.25, 0.3) is 0 Å². The van der Waals surface area contributed by atoms with Gasteiger partial charge in [0.2, 0.25) is 0 Å². The zero-order valence-electron chi connectivity index (χ0n) is 21.2. The summed E-state index contributed by atoms with van der Waals surface area (Å²) in [5.41, 5.74) is 0.382. The van der Waals surface area contributed by atoms with E-state index in [4.69, 9.17) is 4.74 Å². The van der Waals surface area contributed by atoms with Crippen molar-refractivity contribution in [3.63, 3.8) is 0 Å². The molecule has 0 spiro atoms. The molecule has 198 valence electrons. The maximum Gasteiger partial charge on any atom is 0.416 e. The molecule has 1 aliphatic heterocycles. The second kappa shape index (κ2) is 12.4. The second-order valence-corrected chi connectivity index (χ2v) is 9.09. The van der Waals surface area contributed by atoms with Crippen molar-refractivity contribution in [2.24, 2.45) is 0 Å². The van der Waals surface area contributed by atoms with Crippen LogP contribution in [0.4, 0.5) is 18.9 Å². The number of anilines is 1. The largest absolute Gasteiger partial charge is 0.416 e. The van der Waals surface area contributed by atoms with Crippen molar-refractivity contribution in [2.75, 3.05) is 18.5 Å². The first-order valence-electron chi connectivity index (χ1n) is 12.8. The second-order valence-electron chi connectivity index (χ2n) is 9.09. The minimum absolute atomic E-state index is 0.0478. The van der Waals surface area contributed by atoms with Crippen LogP contribution in [0, 0.1) is 6.92 Å².